The Morgan fingerprint density at radius 2 is 1.75 bits per heavy atom. The molecule has 0 aromatic rings. The van der Waals surface area contributed by atoms with Gasteiger partial charge in [-0.1, -0.05) is 20.3 Å². The number of hydrogen-bond acceptors (Lipinski definition) is 2. The third-order valence-corrected chi connectivity index (χ3v) is 2.81. The monoisotopic (exact) mass is 230 g/mol. The van der Waals surface area contributed by atoms with Crippen LogP contribution in [0.4, 0.5) is 4.79 Å². The maximum Gasteiger partial charge on any atom is 0.326 e. The molecule has 0 aliphatic carbocycles. The maximum atomic E-state index is 11.7. The van der Waals surface area contributed by atoms with E-state index in [2.05, 4.69) is 5.32 Å². The van der Waals surface area contributed by atoms with Gasteiger partial charge in [0.25, 0.3) is 0 Å². The fourth-order valence-electron chi connectivity index (χ4n) is 1.42. The number of nitrogens with zero attached hydrogens (tertiary/aromatic N) is 1. The van der Waals surface area contributed by atoms with Crippen LogP contribution in [0.2, 0.25) is 0 Å². The highest BCUT2D eigenvalue weighted by Crippen LogP contribution is 2.08. The predicted molar refractivity (Wildman–Crippen MR) is 62.3 cm³/mol. The van der Waals surface area contributed by atoms with Crippen LogP contribution >= 0.6 is 0 Å². The molecule has 0 saturated heterocycles. The highest BCUT2D eigenvalue weighted by molar-refractivity contribution is 5.82. The predicted octanol–water partition coefficient (Wildman–Crippen LogP) is 1.54. The molecule has 0 spiro atoms. The van der Waals surface area contributed by atoms with Gasteiger partial charge in [-0.3, -0.25) is 0 Å². The number of carbonyl (C=O) groups excluding carboxylic acids is 1. The van der Waals surface area contributed by atoms with E-state index in [1.54, 1.807) is 4.90 Å². The molecule has 0 rings (SSSR count). The molecule has 16 heavy (non-hydrogen) atoms. The lowest BCUT2D eigenvalue weighted by atomic mass is 9.99. The number of urea groups is 1. The van der Waals surface area contributed by atoms with E-state index in [1.165, 1.54) is 0 Å². The smallest absolute Gasteiger partial charge is 0.326 e. The van der Waals surface area contributed by atoms with Gasteiger partial charge in [0.15, 0.2) is 0 Å². The van der Waals surface area contributed by atoms with Gasteiger partial charge in [0, 0.05) is 13.1 Å². The lowest BCUT2D eigenvalue weighted by Crippen LogP contribution is -2.50. The molecule has 5 nitrogen and oxygen atoms in total. The van der Waals surface area contributed by atoms with Crippen molar-refractivity contribution in [3.63, 3.8) is 0 Å². The first kappa shape index (κ1) is 14.7. The van der Waals surface area contributed by atoms with Gasteiger partial charge >= 0.3 is 12.0 Å². The molecular formula is C11H22N2O3. The molecule has 2 unspecified atom stereocenters. The fourth-order valence-corrected chi connectivity index (χ4v) is 1.42. The zero-order valence-electron chi connectivity index (χ0n) is 10.5. The topological polar surface area (TPSA) is 69.6 Å². The van der Waals surface area contributed by atoms with Crippen molar-refractivity contribution in [3.8, 4) is 0 Å². The van der Waals surface area contributed by atoms with E-state index in [0.29, 0.717) is 13.1 Å². The second-order valence-electron chi connectivity index (χ2n) is 3.82. The van der Waals surface area contributed by atoms with Crippen molar-refractivity contribution < 1.29 is 14.7 Å². The van der Waals surface area contributed by atoms with Crippen LogP contribution in [0.1, 0.15) is 34.1 Å². The molecule has 0 heterocycles. The Balaban J connectivity index is 4.51. The van der Waals surface area contributed by atoms with E-state index in [1.807, 2.05) is 27.7 Å². The summed E-state index contributed by atoms with van der Waals surface area (Å²) in [6, 6.07) is -1.12. The Bertz CT molecular complexity index is 239. The Morgan fingerprint density at radius 3 is 2.06 bits per heavy atom. The van der Waals surface area contributed by atoms with Crippen LogP contribution in [0.3, 0.4) is 0 Å². The minimum atomic E-state index is -0.977. The molecule has 0 fully saturated rings. The largest absolute Gasteiger partial charge is 0.480 e. The van der Waals surface area contributed by atoms with Crippen molar-refractivity contribution in [1.29, 1.82) is 0 Å². The number of rotatable bonds is 6. The third-order valence-electron chi connectivity index (χ3n) is 2.81. The van der Waals surface area contributed by atoms with E-state index in [4.69, 9.17) is 5.11 Å². The summed E-state index contributed by atoms with van der Waals surface area (Å²) >= 11 is 0. The minimum Gasteiger partial charge on any atom is -0.480 e. The molecule has 2 atom stereocenters. The molecule has 0 saturated carbocycles. The molecule has 0 radical (unpaired) electrons. The van der Waals surface area contributed by atoms with Crippen LogP contribution < -0.4 is 5.32 Å². The number of carboxylic acid groups (broad SMARTS) is 1. The number of carbonyl (C=O) groups is 2. The highest BCUT2D eigenvalue weighted by atomic mass is 16.4. The Labute approximate surface area is 96.8 Å². The van der Waals surface area contributed by atoms with E-state index in [9.17, 15) is 9.59 Å². The van der Waals surface area contributed by atoms with E-state index < -0.39 is 12.0 Å². The zero-order chi connectivity index (χ0) is 12.7. The standard InChI is InChI=1S/C11H22N2O3/c1-5-8(4)9(10(14)15)12-11(16)13(6-2)7-3/h8-9H,5-7H2,1-4H3,(H,12,16)(H,14,15). The van der Waals surface area contributed by atoms with Gasteiger partial charge in [-0.2, -0.15) is 0 Å². The van der Waals surface area contributed by atoms with Crippen molar-refractivity contribution in [3.05, 3.63) is 0 Å². The van der Waals surface area contributed by atoms with Crippen LogP contribution in [0.25, 0.3) is 0 Å². The number of aliphatic carboxylic acids is 1. The van der Waals surface area contributed by atoms with Crippen LogP contribution in [0, 0.1) is 5.92 Å². The number of hydrogen-bond donors (Lipinski definition) is 2. The Morgan fingerprint density at radius 1 is 1.25 bits per heavy atom. The van der Waals surface area contributed by atoms with E-state index in [-0.39, 0.29) is 11.9 Å². The maximum absolute atomic E-state index is 11.7. The highest BCUT2D eigenvalue weighted by Gasteiger charge is 2.26. The van der Waals surface area contributed by atoms with E-state index in [0.717, 1.165) is 6.42 Å². The first-order valence-electron chi connectivity index (χ1n) is 5.76. The number of amides is 2. The van der Waals surface area contributed by atoms with Crippen molar-refractivity contribution in [2.24, 2.45) is 5.92 Å². The average Bonchev–Trinajstić information content (AvgIpc) is 2.26. The molecule has 0 aliphatic heterocycles. The fraction of sp³-hybridized carbons (Fsp3) is 0.818. The summed E-state index contributed by atoms with van der Waals surface area (Å²) in [6.45, 7) is 8.61. The van der Waals surface area contributed by atoms with E-state index >= 15 is 0 Å². The first-order chi connectivity index (χ1) is 7.47. The first-order valence-corrected chi connectivity index (χ1v) is 5.76. The Hall–Kier alpha value is -1.26. The van der Waals surface area contributed by atoms with Crippen LogP contribution in [-0.2, 0) is 4.79 Å². The van der Waals surface area contributed by atoms with Crippen LogP contribution in [-0.4, -0.2) is 41.1 Å². The lowest BCUT2D eigenvalue weighted by Gasteiger charge is -2.25. The van der Waals surface area contributed by atoms with Gasteiger partial charge < -0.3 is 15.3 Å². The van der Waals surface area contributed by atoms with Gasteiger partial charge in [-0.15, -0.1) is 0 Å². The molecule has 0 aliphatic rings. The third kappa shape index (κ3) is 4.08. The second kappa shape index (κ2) is 7.09. The summed E-state index contributed by atoms with van der Waals surface area (Å²) in [5, 5.41) is 11.6. The van der Waals surface area contributed by atoms with Crippen molar-refractivity contribution in [2.45, 2.75) is 40.2 Å². The molecule has 2 N–H and O–H groups in total. The quantitative estimate of drug-likeness (QED) is 0.727. The molecule has 0 bridgehead atoms. The molecule has 94 valence electrons. The number of nitrogens with one attached hydrogen (secondary N) is 1. The van der Waals surface area contributed by atoms with Gasteiger partial charge in [0.2, 0.25) is 0 Å². The summed E-state index contributed by atoms with van der Waals surface area (Å²) in [7, 11) is 0. The summed E-state index contributed by atoms with van der Waals surface area (Å²) in [4.78, 5) is 24.3. The lowest BCUT2D eigenvalue weighted by molar-refractivity contribution is -0.140. The molecular weight excluding hydrogens is 208 g/mol. The zero-order valence-corrected chi connectivity index (χ0v) is 10.5. The van der Waals surface area contributed by atoms with Gasteiger partial charge in [0.05, 0.1) is 0 Å². The molecule has 0 aromatic carbocycles. The van der Waals surface area contributed by atoms with Crippen molar-refractivity contribution in [2.75, 3.05) is 13.1 Å². The SMILES string of the molecule is CCC(C)C(NC(=O)N(CC)CC)C(=O)O. The second-order valence-corrected chi connectivity index (χ2v) is 3.82. The molecule has 2 amide bonds. The normalized spacial score (nSPS) is 14.0. The van der Waals surface area contributed by atoms with Gasteiger partial charge in [0.1, 0.15) is 6.04 Å². The molecule has 5 heteroatoms. The summed E-state index contributed by atoms with van der Waals surface area (Å²) in [5.74, 6) is -1.05. The Kier molecular flexibility index (Phi) is 6.53. The summed E-state index contributed by atoms with van der Waals surface area (Å²) in [6.07, 6.45) is 0.718. The molecule has 0 aromatic heterocycles. The van der Waals surface area contributed by atoms with Gasteiger partial charge in [-0.05, 0) is 19.8 Å². The van der Waals surface area contributed by atoms with Crippen LogP contribution in [0.15, 0.2) is 0 Å². The van der Waals surface area contributed by atoms with Gasteiger partial charge in [-0.25, -0.2) is 9.59 Å². The van der Waals surface area contributed by atoms with Crippen molar-refractivity contribution >= 4 is 12.0 Å². The average molecular weight is 230 g/mol. The number of carboxylic acids is 1. The van der Waals surface area contributed by atoms with Crippen LogP contribution in [0.5, 0.6) is 0 Å². The summed E-state index contributed by atoms with van der Waals surface area (Å²) < 4.78 is 0. The summed E-state index contributed by atoms with van der Waals surface area (Å²) in [5.41, 5.74) is 0. The van der Waals surface area contributed by atoms with Crippen molar-refractivity contribution in [1.82, 2.24) is 10.2 Å². The minimum absolute atomic E-state index is 0.0722.